The van der Waals surface area contributed by atoms with Gasteiger partial charge in [0.1, 0.15) is 16.6 Å². The highest BCUT2D eigenvalue weighted by molar-refractivity contribution is 5.81. The molecule has 6 atom stereocenters. The first kappa shape index (κ1) is 71.6. The van der Waals surface area contributed by atoms with Crippen LogP contribution in [0.15, 0.2) is 106 Å². The molecule has 73 heavy (non-hydrogen) atoms. The lowest BCUT2D eigenvalue weighted by Crippen LogP contribution is -2.45. The molecular formula is C53H80F8N12. The molecule has 0 aliphatic heterocycles. The van der Waals surface area contributed by atoms with Crippen LogP contribution in [-0.4, -0.2) is 111 Å². The predicted octanol–water partition coefficient (Wildman–Crippen LogP) is 9.68. The Labute approximate surface area is 429 Å². The van der Waals surface area contributed by atoms with Gasteiger partial charge in [-0.05, 0) is 90.3 Å². The van der Waals surface area contributed by atoms with Crippen molar-refractivity contribution < 1.29 is 35.1 Å². The van der Waals surface area contributed by atoms with Crippen molar-refractivity contribution in [3.8, 4) is 18.2 Å². The Morgan fingerprint density at radius 2 is 0.740 bits per heavy atom. The summed E-state index contributed by atoms with van der Waals surface area (Å²) in [5, 5.41) is 26.7. The van der Waals surface area contributed by atoms with Gasteiger partial charge in [-0.2, -0.15) is 15.8 Å². The highest BCUT2D eigenvalue weighted by Gasteiger charge is 2.27. The van der Waals surface area contributed by atoms with E-state index in [0.717, 1.165) is 16.7 Å². The Kier molecular flexibility index (Phi) is 39.0. The largest absolute Gasteiger partial charge is 0.329 e. The van der Waals surface area contributed by atoms with Gasteiger partial charge in [0.05, 0.1) is 44.9 Å². The molecule has 0 spiro atoms. The van der Waals surface area contributed by atoms with Crippen molar-refractivity contribution in [1.29, 1.82) is 15.8 Å². The van der Waals surface area contributed by atoms with E-state index >= 15 is 0 Å². The van der Waals surface area contributed by atoms with Crippen LogP contribution in [0.3, 0.4) is 0 Å². The number of rotatable bonds is 23. The number of nitrogens with two attached hydrogens (primary N) is 6. The molecule has 0 saturated heterocycles. The summed E-state index contributed by atoms with van der Waals surface area (Å²) in [6.07, 6.45) is 1.45. The normalized spacial score (nSPS) is 15.8. The van der Waals surface area contributed by atoms with Crippen LogP contribution in [0.5, 0.6) is 0 Å². The van der Waals surface area contributed by atoms with Crippen LogP contribution in [0, 0.1) is 34.0 Å². The van der Waals surface area contributed by atoms with Crippen molar-refractivity contribution in [3.63, 3.8) is 0 Å². The maximum Gasteiger partial charge on any atom is 0.242 e. The van der Waals surface area contributed by atoms with E-state index in [0.29, 0.717) is 45.2 Å². The van der Waals surface area contributed by atoms with Gasteiger partial charge in [-0.1, -0.05) is 91.0 Å². The minimum Gasteiger partial charge on any atom is -0.329 e. The fourth-order valence-electron chi connectivity index (χ4n) is 4.92. The number of nitrogens with zero attached hydrogens (tertiary/aromatic N) is 6. The Morgan fingerprint density at radius 1 is 0.438 bits per heavy atom. The molecule has 0 heterocycles. The molecule has 3 aromatic rings. The van der Waals surface area contributed by atoms with Gasteiger partial charge >= 0.3 is 0 Å². The van der Waals surface area contributed by atoms with Crippen LogP contribution >= 0.6 is 0 Å². The third kappa shape index (κ3) is 40.5. The molecule has 0 saturated carbocycles. The van der Waals surface area contributed by atoms with Crippen molar-refractivity contribution in [3.05, 3.63) is 108 Å². The number of nitriles is 3. The number of aliphatic imine (C=N–C) groups is 3. The molecule has 0 aliphatic carbocycles. The Hall–Kier alpha value is -5.66. The Balaban J connectivity index is -0.000000824. The van der Waals surface area contributed by atoms with Gasteiger partial charge in [0.2, 0.25) is 12.9 Å². The van der Waals surface area contributed by atoms with Crippen LogP contribution in [0.1, 0.15) is 110 Å². The fraction of sp³-hybridized carbons (Fsp3) is 0.547. The number of benzene rings is 3. The summed E-state index contributed by atoms with van der Waals surface area (Å²) in [6, 6.07) is 34.0. The maximum atomic E-state index is 12.2. The minimum atomic E-state index is -2.53. The van der Waals surface area contributed by atoms with Gasteiger partial charge in [-0.25, -0.2) is 17.6 Å². The van der Waals surface area contributed by atoms with Gasteiger partial charge in [0.15, 0.2) is 0 Å². The summed E-state index contributed by atoms with van der Waals surface area (Å²) >= 11 is 0. The van der Waals surface area contributed by atoms with Crippen LogP contribution < -0.4 is 34.4 Å². The molecule has 408 valence electrons. The first-order chi connectivity index (χ1) is 34.2. The molecule has 0 radical (unpaired) electrons. The van der Waals surface area contributed by atoms with Crippen LogP contribution in [0.2, 0.25) is 0 Å². The monoisotopic (exact) mass is 1040 g/mol. The zero-order valence-electron chi connectivity index (χ0n) is 43.3. The summed E-state index contributed by atoms with van der Waals surface area (Å²) in [6.45, 7) is 9.09. The summed E-state index contributed by atoms with van der Waals surface area (Å²) in [5.74, 6) is 0. The number of hydrogen-bond acceptors (Lipinski definition) is 12. The van der Waals surface area contributed by atoms with Gasteiger partial charge in [0.25, 0.3) is 0 Å². The number of halogens is 8. The van der Waals surface area contributed by atoms with Crippen molar-refractivity contribution in [1.82, 2.24) is 0 Å². The smallest absolute Gasteiger partial charge is 0.242 e. The third-order valence-electron chi connectivity index (χ3n) is 10.1. The first-order valence-electron chi connectivity index (χ1n) is 23.5. The molecule has 3 rings (SSSR count). The molecule has 0 aliphatic rings. The lowest BCUT2D eigenvalue weighted by atomic mass is 9.98. The van der Waals surface area contributed by atoms with Crippen molar-refractivity contribution in [2.45, 2.75) is 139 Å². The molecule has 12 nitrogen and oxygen atoms in total. The van der Waals surface area contributed by atoms with Gasteiger partial charge in [-0.15, -0.1) is 0 Å². The van der Waals surface area contributed by atoms with Crippen molar-refractivity contribution in [2.75, 3.05) is 46.3 Å². The van der Waals surface area contributed by atoms with Crippen molar-refractivity contribution >= 4 is 18.6 Å². The Morgan fingerprint density at radius 3 is 1.00 bits per heavy atom. The SMILES string of the molecule is CC(C#N)(CC(F)F)N=Cc1ccccc1.CC(C#N)(CCCF)N=Cc1ccccc1.CC(C#N)(CCF)N=Cc1ccccc1.CC(N)(CN)CC(F)F.CC(N)(CN)CCCF.CC(N)(CN)CCF. The quantitative estimate of drug-likeness (QED) is 0.0389. The highest BCUT2D eigenvalue weighted by Crippen LogP contribution is 2.20. The zero-order valence-corrected chi connectivity index (χ0v) is 43.3. The first-order valence-corrected chi connectivity index (χ1v) is 23.5. The third-order valence-corrected chi connectivity index (χ3v) is 10.1. The fourth-order valence-corrected chi connectivity index (χ4v) is 4.92. The lowest BCUT2D eigenvalue weighted by molar-refractivity contribution is 0.110. The topological polar surface area (TPSA) is 265 Å². The van der Waals surface area contributed by atoms with E-state index in [4.69, 9.17) is 50.2 Å². The molecule has 3 aromatic carbocycles. The van der Waals surface area contributed by atoms with E-state index in [1.165, 1.54) is 20.1 Å². The highest BCUT2D eigenvalue weighted by atomic mass is 19.3. The van der Waals surface area contributed by atoms with Crippen LogP contribution in [-0.2, 0) is 0 Å². The number of alkyl halides is 8. The van der Waals surface area contributed by atoms with E-state index in [2.05, 4.69) is 21.0 Å². The van der Waals surface area contributed by atoms with Crippen LogP contribution in [0.4, 0.5) is 35.1 Å². The second-order valence-corrected chi connectivity index (χ2v) is 18.4. The van der Waals surface area contributed by atoms with E-state index < -0.39 is 60.3 Å². The second-order valence-electron chi connectivity index (χ2n) is 18.4. The summed E-state index contributed by atoms with van der Waals surface area (Å²) in [5.41, 5.74) is 29.7. The average molecular weight is 1040 g/mol. The molecule has 0 bridgehead atoms. The zero-order chi connectivity index (χ0) is 56.5. The van der Waals surface area contributed by atoms with E-state index in [1.54, 1.807) is 51.4 Å². The minimum absolute atomic E-state index is 0.0946. The maximum absolute atomic E-state index is 12.2. The predicted molar refractivity (Wildman–Crippen MR) is 282 cm³/mol. The van der Waals surface area contributed by atoms with E-state index in [9.17, 15) is 35.1 Å². The molecule has 20 heteroatoms. The Bertz CT molecular complexity index is 2040. The van der Waals surface area contributed by atoms with Gasteiger partial charge in [-0.3, -0.25) is 32.5 Å². The molecule has 0 fully saturated rings. The molecule has 0 aromatic heterocycles. The molecular weight excluding hydrogens is 957 g/mol. The van der Waals surface area contributed by atoms with Gasteiger partial charge in [0, 0.05) is 74.2 Å². The van der Waals surface area contributed by atoms with Crippen LogP contribution in [0.25, 0.3) is 0 Å². The second kappa shape index (κ2) is 39.8. The average Bonchev–Trinajstić information content (AvgIpc) is 3.37. The van der Waals surface area contributed by atoms with E-state index in [1.807, 2.05) is 91.9 Å². The molecule has 6 unspecified atom stereocenters. The van der Waals surface area contributed by atoms with Gasteiger partial charge < -0.3 is 34.4 Å². The van der Waals surface area contributed by atoms with E-state index in [-0.39, 0.29) is 38.3 Å². The summed E-state index contributed by atoms with van der Waals surface area (Å²) < 4.78 is 94.9. The lowest BCUT2D eigenvalue weighted by Gasteiger charge is -2.20. The number of hydrogen-bond donors (Lipinski definition) is 6. The molecule has 12 N–H and O–H groups in total. The van der Waals surface area contributed by atoms with Crippen molar-refractivity contribution in [2.24, 2.45) is 49.4 Å². The standard InChI is InChI=1S/C13H15FN2.C12H12F2N2.C12H13FN2.C6H15FN2.C5H12F2N2.C5H13FN2/c1-13(11-15,8-5-9-14)16-10-12-6-3-2-4-7-12;1-12(9-15,7-11(13)14)16-8-10-5-3-2-4-6-10;1-12(10-14,7-8-13)15-9-11-5-3-2-4-6-11;1-6(9,5-8)3-2-4-7;1-5(9,3-8)2-4(6)7;1-5(8,4-7)2-3-6/h2-4,6-7,10H,5,8-9H2,1H3;2-6,8,11H,7H2,1H3;2-6,9H,7-8H2,1H3;2-5,8-9H2,1H3;4H,2-3,8-9H2,1H3;2-4,7-8H2,1H3. The summed E-state index contributed by atoms with van der Waals surface area (Å²) in [7, 11) is 0. The molecule has 0 amide bonds. The summed E-state index contributed by atoms with van der Waals surface area (Å²) in [4.78, 5) is 12.3.